The molecule has 2 fully saturated rings. The number of amides is 3. The topological polar surface area (TPSA) is 277 Å². The Kier molecular flexibility index (Phi) is 25.3. The maximum atomic E-state index is 12.8. The number of nitrogens with one attached hydrogen (secondary N) is 5. The van der Waals surface area contributed by atoms with Crippen molar-refractivity contribution in [2.45, 2.75) is 115 Å². The van der Waals surface area contributed by atoms with Crippen LogP contribution in [0.1, 0.15) is 122 Å². The number of aromatic nitrogens is 2. The molecule has 0 unspecified atom stereocenters. The molecule has 18 heteroatoms. The Balaban J connectivity index is 0.000000245. The fourth-order valence-electron chi connectivity index (χ4n) is 9.24. The smallest absolute Gasteiger partial charge is 0.413 e. The second kappa shape index (κ2) is 32.5. The summed E-state index contributed by atoms with van der Waals surface area (Å²) in [6.45, 7) is 3.68. The van der Waals surface area contributed by atoms with Gasteiger partial charge in [0, 0.05) is 54.7 Å². The first-order valence-electron chi connectivity index (χ1n) is 26.6. The Labute approximate surface area is 473 Å². The monoisotopic (exact) mass is 1110 g/mol. The Bertz CT molecular complexity index is 2950. The number of ketones is 2. The van der Waals surface area contributed by atoms with E-state index in [1.165, 1.54) is 11.1 Å². The summed E-state index contributed by atoms with van der Waals surface area (Å²) in [5.74, 6) is -0.263. The van der Waals surface area contributed by atoms with Crippen LogP contribution >= 0.6 is 12.4 Å². The van der Waals surface area contributed by atoms with Gasteiger partial charge in [0.25, 0.3) is 0 Å². The minimum absolute atomic E-state index is 0. The number of rotatable bonds is 19. The summed E-state index contributed by atoms with van der Waals surface area (Å²) in [6.07, 6.45) is 12.7. The molecule has 17 nitrogen and oxygen atoms in total. The number of carboxylic acid groups (broad SMARTS) is 1. The molecular weight excluding hydrogens is 1040 g/mol. The fraction of sp³-hybridized carbons (Fsp3) is 0.323. The Hall–Kier alpha value is -8.41. The molecule has 8 rings (SSSR count). The molecule has 4 aromatic carbocycles. The summed E-state index contributed by atoms with van der Waals surface area (Å²) >= 11 is 0. The van der Waals surface area contributed by atoms with Gasteiger partial charge in [0.15, 0.2) is 5.78 Å². The molecule has 6 aromatic rings. The Morgan fingerprint density at radius 2 is 0.963 bits per heavy atom. The molecule has 0 radical (unpaired) electrons. The van der Waals surface area contributed by atoms with Gasteiger partial charge >= 0.3 is 18.2 Å². The largest absolute Gasteiger partial charge is 0.481 e. The lowest BCUT2D eigenvalue weighted by Crippen LogP contribution is -2.41. The van der Waals surface area contributed by atoms with Crippen molar-refractivity contribution in [3.63, 3.8) is 0 Å². The lowest BCUT2D eigenvalue weighted by molar-refractivity contribution is -0.141. The number of pyridine rings is 2. The van der Waals surface area contributed by atoms with Crippen LogP contribution in [-0.2, 0) is 54.7 Å². The van der Waals surface area contributed by atoms with Crippen molar-refractivity contribution >= 4 is 59.7 Å². The number of aryl methyl sites for hydroxylation is 2. The van der Waals surface area contributed by atoms with Crippen LogP contribution in [0.15, 0.2) is 158 Å². The van der Waals surface area contributed by atoms with Gasteiger partial charge in [-0.1, -0.05) is 109 Å². The van der Waals surface area contributed by atoms with Crippen LogP contribution in [0.3, 0.4) is 0 Å². The second-order valence-corrected chi connectivity index (χ2v) is 19.8. The van der Waals surface area contributed by atoms with E-state index in [1.54, 1.807) is 62.9 Å². The van der Waals surface area contributed by atoms with Gasteiger partial charge in [0.2, 0.25) is 5.91 Å². The van der Waals surface area contributed by atoms with Crippen molar-refractivity contribution in [1.29, 1.82) is 10.8 Å². The van der Waals surface area contributed by atoms with E-state index in [4.69, 9.17) is 31.1 Å². The molecule has 2 aliphatic carbocycles. The van der Waals surface area contributed by atoms with Crippen LogP contribution in [-0.4, -0.2) is 74.5 Å². The number of hydrogen-bond acceptors (Lipinski definition) is 13. The molecule has 2 aromatic heterocycles. The minimum Gasteiger partial charge on any atom is -0.481 e. The third-order valence-corrected chi connectivity index (χ3v) is 14.0. The molecule has 0 saturated heterocycles. The number of benzene rings is 4. The molecule has 2 saturated carbocycles. The predicted molar refractivity (Wildman–Crippen MR) is 307 cm³/mol. The van der Waals surface area contributed by atoms with Crippen LogP contribution in [0.5, 0.6) is 0 Å². The van der Waals surface area contributed by atoms with E-state index in [0.717, 1.165) is 60.8 Å². The molecule has 0 aliphatic heterocycles. The van der Waals surface area contributed by atoms with E-state index in [1.807, 2.05) is 109 Å². The van der Waals surface area contributed by atoms with Gasteiger partial charge in [-0.3, -0.25) is 50.6 Å². The SMILES string of the molecule is C[C@H](N)C(=O)CCc1ccc(C(=N)NC(=O)OCc2ccccc2)cc1.C[C@H](NC(=O)[C@@H]1CC[C@H](c2ccncc2)C1)C(=O)CCc1ccc(C(=N)NC(=O)OCc2ccccc2)cc1.Cl.O=C(O)[C@@H]1CC[C@H](c2ccncc2)C1. The molecule has 80 heavy (non-hydrogen) atoms. The van der Waals surface area contributed by atoms with Crippen molar-refractivity contribution in [2.75, 3.05) is 0 Å². The van der Waals surface area contributed by atoms with Gasteiger partial charge in [-0.05, 0) is 135 Å². The summed E-state index contributed by atoms with van der Waals surface area (Å²) in [4.78, 5) is 79.6. The van der Waals surface area contributed by atoms with Gasteiger partial charge in [-0.2, -0.15) is 0 Å². The zero-order valence-electron chi connectivity index (χ0n) is 45.1. The normalized spacial score (nSPS) is 16.7. The molecule has 2 heterocycles. The van der Waals surface area contributed by atoms with Crippen molar-refractivity contribution in [2.24, 2.45) is 17.6 Å². The van der Waals surface area contributed by atoms with Crippen LogP contribution in [0.4, 0.5) is 9.59 Å². The number of ether oxygens (including phenoxy) is 2. The van der Waals surface area contributed by atoms with Crippen LogP contribution in [0.25, 0.3) is 0 Å². The van der Waals surface area contributed by atoms with Crippen LogP contribution in [0, 0.1) is 22.7 Å². The zero-order valence-corrected chi connectivity index (χ0v) is 45.9. The standard InChI is InChI=1S/C31H34N4O4.C20H23N3O3.C11H13NO2.ClH/c1-21(34-30(37)27-13-12-26(19-27)24-15-17-33-18-16-24)28(36)14-9-22-7-10-25(11-8-22)29(32)35-31(38)39-20-23-5-3-2-4-6-23;1-14(21)18(24)12-9-15-7-10-17(11-8-15)19(22)23-20(25)26-13-16-5-3-2-4-6-16;13-11(14)10-2-1-9(7-10)8-3-5-12-6-4-8;/h2-8,10-11,15-18,21,26-27H,9,12-14,19-20H2,1H3,(H,34,37)(H2,32,35,38);2-8,10-11,14H,9,12-13,21H2,1H3,(H2,22,23,25);3-6,9-10H,1-2,7H2,(H,13,14);1H/t21-,26-,27+;14-;9-,10+;/m000./s1. The first kappa shape index (κ1) is 62.4. The zero-order chi connectivity index (χ0) is 56.5. The van der Waals surface area contributed by atoms with Gasteiger partial charge in [-0.15, -0.1) is 12.4 Å². The summed E-state index contributed by atoms with van der Waals surface area (Å²) < 4.78 is 10.2. The number of carboxylic acids is 1. The number of carbonyl (C=O) groups excluding carboxylic acids is 5. The first-order chi connectivity index (χ1) is 38.1. The highest BCUT2D eigenvalue weighted by molar-refractivity contribution is 6.05. The third-order valence-electron chi connectivity index (χ3n) is 14.0. The first-order valence-corrected chi connectivity index (χ1v) is 26.6. The second-order valence-electron chi connectivity index (χ2n) is 19.8. The van der Waals surface area contributed by atoms with Gasteiger partial charge in [-0.25, -0.2) is 9.59 Å². The summed E-state index contributed by atoms with van der Waals surface area (Å²) in [5, 5.41) is 32.7. The number of aliphatic carboxylic acids is 1. The maximum absolute atomic E-state index is 12.8. The highest BCUT2D eigenvalue weighted by Gasteiger charge is 2.32. The van der Waals surface area contributed by atoms with Gasteiger partial charge < -0.3 is 25.6 Å². The highest BCUT2D eigenvalue weighted by Crippen LogP contribution is 2.39. The average Bonchev–Trinajstić information content (AvgIpc) is 4.21. The lowest BCUT2D eigenvalue weighted by Gasteiger charge is -2.17. The summed E-state index contributed by atoms with van der Waals surface area (Å²) in [6, 6.07) is 39.8. The van der Waals surface area contributed by atoms with Gasteiger partial charge in [0.05, 0.1) is 18.0 Å². The fourth-order valence-corrected chi connectivity index (χ4v) is 9.24. The van der Waals surface area contributed by atoms with Crippen molar-refractivity contribution in [3.05, 3.63) is 203 Å². The lowest BCUT2D eigenvalue weighted by atomic mass is 9.97. The number of halogens is 1. The van der Waals surface area contributed by atoms with E-state index >= 15 is 0 Å². The van der Waals surface area contributed by atoms with E-state index < -0.39 is 30.2 Å². The molecule has 420 valence electrons. The number of hydrogen-bond donors (Lipinski definition) is 7. The van der Waals surface area contributed by atoms with E-state index in [9.17, 15) is 28.8 Å². The third kappa shape index (κ3) is 20.8. The van der Waals surface area contributed by atoms with E-state index in [0.29, 0.717) is 48.6 Å². The molecule has 0 bridgehead atoms. The minimum atomic E-state index is -0.694. The van der Waals surface area contributed by atoms with Crippen LogP contribution < -0.4 is 21.7 Å². The van der Waals surface area contributed by atoms with Crippen molar-refractivity contribution in [1.82, 2.24) is 25.9 Å². The molecular formula is C62H71ClN8O9. The number of carbonyl (C=O) groups is 6. The van der Waals surface area contributed by atoms with E-state index in [-0.39, 0.29) is 66.6 Å². The average molecular weight is 1110 g/mol. The molecule has 8 N–H and O–H groups in total. The Morgan fingerprint density at radius 1 is 0.562 bits per heavy atom. The van der Waals surface area contributed by atoms with Crippen molar-refractivity contribution in [3.8, 4) is 0 Å². The number of alkyl carbamates (subject to hydrolysis) is 2. The molecule has 2 aliphatic rings. The van der Waals surface area contributed by atoms with Crippen LogP contribution in [0.2, 0.25) is 0 Å². The highest BCUT2D eigenvalue weighted by atomic mass is 35.5. The summed E-state index contributed by atoms with van der Waals surface area (Å²) in [7, 11) is 0. The summed E-state index contributed by atoms with van der Waals surface area (Å²) in [5.41, 5.74) is 12.7. The van der Waals surface area contributed by atoms with Gasteiger partial charge in [0.1, 0.15) is 30.7 Å². The molecule has 6 atom stereocenters. The molecule has 0 spiro atoms. The number of nitrogens with zero attached hydrogens (tertiary/aromatic N) is 2. The number of nitrogens with two attached hydrogens (primary N) is 1. The number of Topliss-reactive ketones (excluding diaryl/α,β-unsaturated/α-hetero) is 2. The predicted octanol–water partition coefficient (Wildman–Crippen LogP) is 10.2. The maximum Gasteiger partial charge on any atom is 0.413 e. The van der Waals surface area contributed by atoms with Crippen molar-refractivity contribution < 1.29 is 43.3 Å². The Morgan fingerprint density at radius 3 is 1.36 bits per heavy atom. The molecule has 3 amide bonds. The number of amidine groups is 2. The quantitative estimate of drug-likeness (QED) is 0.0295. The van der Waals surface area contributed by atoms with E-state index in [2.05, 4.69) is 25.9 Å².